The lowest BCUT2D eigenvalue weighted by Gasteiger charge is -2.37. The van der Waals surface area contributed by atoms with Gasteiger partial charge in [-0.15, -0.1) is 0 Å². The molecule has 0 fully saturated rings. The van der Waals surface area contributed by atoms with Crippen molar-refractivity contribution in [3.05, 3.63) is 111 Å². The van der Waals surface area contributed by atoms with E-state index in [0.717, 1.165) is 34.5 Å². The van der Waals surface area contributed by atoms with E-state index in [1.54, 1.807) is 12.1 Å². The Morgan fingerprint density at radius 2 is 1.94 bits per heavy atom. The summed E-state index contributed by atoms with van der Waals surface area (Å²) in [7, 11) is 0. The molecule has 0 saturated heterocycles. The van der Waals surface area contributed by atoms with Crippen molar-refractivity contribution in [2.24, 2.45) is 5.92 Å². The highest BCUT2D eigenvalue weighted by Crippen LogP contribution is 2.50. The fourth-order valence-corrected chi connectivity index (χ4v) is 4.86. The van der Waals surface area contributed by atoms with Crippen molar-refractivity contribution >= 4 is 23.0 Å². The molecule has 3 unspecified atom stereocenters. The number of nitrogens with zero attached hydrogens (tertiary/aromatic N) is 1. The van der Waals surface area contributed by atoms with Crippen LogP contribution in [-0.4, -0.2) is 10.8 Å². The maximum absolute atomic E-state index is 12.8. The summed E-state index contributed by atoms with van der Waals surface area (Å²) in [5, 5.41) is 17.9. The first-order valence-electron chi connectivity index (χ1n) is 10.7. The number of fused-ring (bicyclic) bond motifs is 3. The number of rotatable bonds is 4. The summed E-state index contributed by atoms with van der Waals surface area (Å²) in [5.41, 5.74) is 5.49. The van der Waals surface area contributed by atoms with Crippen LogP contribution in [0.4, 0.5) is 17.1 Å². The Labute approximate surface area is 186 Å². The van der Waals surface area contributed by atoms with E-state index >= 15 is 0 Å². The number of nitro groups is 1. The molecule has 3 aromatic rings. The van der Waals surface area contributed by atoms with E-state index in [1.807, 2.05) is 55.5 Å². The number of anilines is 2. The van der Waals surface area contributed by atoms with Gasteiger partial charge in [-0.25, -0.2) is 0 Å². The molecule has 32 heavy (non-hydrogen) atoms. The fraction of sp³-hybridized carbons (Fsp3) is 0.192. The summed E-state index contributed by atoms with van der Waals surface area (Å²) in [5.74, 6) is 0.317. The summed E-state index contributed by atoms with van der Waals surface area (Å²) in [6.45, 7) is 1.92. The number of aryl methyl sites for hydroxylation is 1. The van der Waals surface area contributed by atoms with Crippen LogP contribution in [0.2, 0.25) is 0 Å². The molecule has 5 rings (SSSR count). The molecule has 1 aliphatic carbocycles. The van der Waals surface area contributed by atoms with Crippen LogP contribution in [0.3, 0.4) is 0 Å². The molecule has 3 aromatic carbocycles. The Kier molecular flexibility index (Phi) is 4.98. The highest BCUT2D eigenvalue weighted by molar-refractivity contribution is 6.05. The normalized spacial score (nSPS) is 20.7. The lowest BCUT2D eigenvalue weighted by Crippen LogP contribution is -2.29. The second-order valence-electron chi connectivity index (χ2n) is 8.40. The molecule has 6 nitrogen and oxygen atoms in total. The number of hydrogen-bond donors (Lipinski definition) is 2. The quantitative estimate of drug-likeness (QED) is 0.306. The first kappa shape index (κ1) is 20.0. The third-order valence-corrected chi connectivity index (χ3v) is 6.45. The molecular formula is C26H23N3O3. The van der Waals surface area contributed by atoms with Crippen LogP contribution in [0.15, 0.2) is 78.9 Å². The van der Waals surface area contributed by atoms with E-state index in [-0.39, 0.29) is 34.4 Å². The van der Waals surface area contributed by atoms with Gasteiger partial charge < -0.3 is 10.6 Å². The Bertz CT molecular complexity index is 1250. The van der Waals surface area contributed by atoms with Gasteiger partial charge in [0, 0.05) is 35.0 Å². The first-order valence-corrected chi connectivity index (χ1v) is 10.7. The van der Waals surface area contributed by atoms with Crippen LogP contribution in [0.25, 0.3) is 0 Å². The molecule has 0 saturated carbocycles. The SMILES string of the molecule is Cc1ccccc1C(=O)Nc1ccc2c(c1)C1C=CCC1C(c1cccc([N+](=O)[O-])c1)N2. The molecule has 0 bridgehead atoms. The van der Waals surface area contributed by atoms with Crippen molar-refractivity contribution < 1.29 is 9.72 Å². The van der Waals surface area contributed by atoms with Gasteiger partial charge in [-0.1, -0.05) is 42.5 Å². The number of allylic oxidation sites excluding steroid dienone is 2. The summed E-state index contributed by atoms with van der Waals surface area (Å²) in [6.07, 6.45) is 5.28. The smallest absolute Gasteiger partial charge is 0.269 e. The number of nitro benzene ring substituents is 1. The molecule has 0 aromatic heterocycles. The van der Waals surface area contributed by atoms with Gasteiger partial charge in [-0.2, -0.15) is 0 Å². The minimum atomic E-state index is -0.353. The number of benzene rings is 3. The average Bonchev–Trinajstić information content (AvgIpc) is 3.29. The largest absolute Gasteiger partial charge is 0.378 e. The third-order valence-electron chi connectivity index (χ3n) is 6.45. The van der Waals surface area contributed by atoms with Crippen molar-refractivity contribution in [2.75, 3.05) is 10.6 Å². The fourth-order valence-electron chi connectivity index (χ4n) is 4.86. The van der Waals surface area contributed by atoms with Gasteiger partial charge in [0.05, 0.1) is 11.0 Å². The lowest BCUT2D eigenvalue weighted by atomic mass is 9.77. The van der Waals surface area contributed by atoms with Crippen LogP contribution in [0.1, 0.15) is 45.4 Å². The Hall–Kier alpha value is -3.93. The number of carbonyl (C=O) groups is 1. The zero-order valence-electron chi connectivity index (χ0n) is 17.6. The average molecular weight is 425 g/mol. The van der Waals surface area contributed by atoms with Crippen LogP contribution >= 0.6 is 0 Å². The maximum Gasteiger partial charge on any atom is 0.269 e. The van der Waals surface area contributed by atoms with Gasteiger partial charge in [-0.3, -0.25) is 14.9 Å². The topological polar surface area (TPSA) is 84.3 Å². The summed E-state index contributed by atoms with van der Waals surface area (Å²) in [4.78, 5) is 23.7. The van der Waals surface area contributed by atoms with Gasteiger partial charge >= 0.3 is 0 Å². The minimum Gasteiger partial charge on any atom is -0.378 e. The number of amides is 1. The van der Waals surface area contributed by atoms with Crippen LogP contribution < -0.4 is 10.6 Å². The van der Waals surface area contributed by atoms with Crippen molar-refractivity contribution in [1.82, 2.24) is 0 Å². The highest BCUT2D eigenvalue weighted by Gasteiger charge is 2.38. The molecule has 2 aliphatic rings. The molecule has 1 heterocycles. The zero-order valence-corrected chi connectivity index (χ0v) is 17.6. The van der Waals surface area contributed by atoms with Crippen molar-refractivity contribution in [3.63, 3.8) is 0 Å². The molecule has 3 atom stereocenters. The van der Waals surface area contributed by atoms with Crippen LogP contribution in [0.5, 0.6) is 0 Å². The molecular weight excluding hydrogens is 402 g/mol. The number of hydrogen-bond acceptors (Lipinski definition) is 4. The third kappa shape index (κ3) is 3.54. The number of carbonyl (C=O) groups excluding carboxylic acids is 1. The molecule has 1 amide bonds. The van der Waals surface area contributed by atoms with E-state index in [9.17, 15) is 14.9 Å². The van der Waals surface area contributed by atoms with Crippen molar-refractivity contribution in [3.8, 4) is 0 Å². The van der Waals surface area contributed by atoms with E-state index in [4.69, 9.17) is 0 Å². The van der Waals surface area contributed by atoms with Crippen molar-refractivity contribution in [1.29, 1.82) is 0 Å². The number of non-ortho nitro benzene ring substituents is 1. The Balaban J connectivity index is 1.45. The molecule has 0 radical (unpaired) electrons. The lowest BCUT2D eigenvalue weighted by molar-refractivity contribution is -0.384. The van der Waals surface area contributed by atoms with Gasteiger partial charge in [0.25, 0.3) is 11.6 Å². The molecule has 160 valence electrons. The maximum atomic E-state index is 12.8. The second-order valence-corrected chi connectivity index (χ2v) is 8.40. The number of nitrogens with one attached hydrogen (secondary N) is 2. The summed E-state index contributed by atoms with van der Waals surface area (Å²) >= 11 is 0. The van der Waals surface area contributed by atoms with Gasteiger partial charge in [0.2, 0.25) is 0 Å². The van der Waals surface area contributed by atoms with E-state index < -0.39 is 0 Å². The second kappa shape index (κ2) is 7.96. The summed E-state index contributed by atoms with van der Waals surface area (Å²) < 4.78 is 0. The van der Waals surface area contributed by atoms with Crippen molar-refractivity contribution in [2.45, 2.75) is 25.3 Å². The van der Waals surface area contributed by atoms with E-state index in [1.165, 1.54) is 6.07 Å². The minimum absolute atomic E-state index is 0.0187. The van der Waals surface area contributed by atoms with Crippen LogP contribution in [0, 0.1) is 23.0 Å². The predicted octanol–water partition coefficient (Wildman–Crippen LogP) is 5.98. The van der Waals surface area contributed by atoms with Gasteiger partial charge in [0.15, 0.2) is 0 Å². The molecule has 6 heteroatoms. The molecule has 1 aliphatic heterocycles. The van der Waals surface area contributed by atoms with Crippen LogP contribution in [-0.2, 0) is 0 Å². The zero-order chi connectivity index (χ0) is 22.2. The van der Waals surface area contributed by atoms with E-state index in [0.29, 0.717) is 5.56 Å². The molecule has 0 spiro atoms. The summed E-state index contributed by atoms with van der Waals surface area (Å²) in [6, 6.07) is 20.3. The highest BCUT2D eigenvalue weighted by atomic mass is 16.6. The van der Waals surface area contributed by atoms with E-state index in [2.05, 4.69) is 22.8 Å². The Morgan fingerprint density at radius 3 is 2.75 bits per heavy atom. The Morgan fingerprint density at radius 1 is 1.09 bits per heavy atom. The standard InChI is InChI=1S/C26H23N3O3/c1-16-6-2-3-9-20(16)26(30)27-18-12-13-24-23(15-18)21-10-5-11-22(21)25(28-24)17-7-4-8-19(14-17)29(31)32/h2-10,12-15,21-22,25,28H,11H2,1H3,(H,27,30). The van der Waals surface area contributed by atoms with Gasteiger partial charge in [-0.05, 0) is 60.2 Å². The first-order chi connectivity index (χ1) is 15.5. The predicted molar refractivity (Wildman–Crippen MR) is 125 cm³/mol. The monoisotopic (exact) mass is 425 g/mol. The molecule has 2 N–H and O–H groups in total. The van der Waals surface area contributed by atoms with Gasteiger partial charge in [0.1, 0.15) is 0 Å².